The van der Waals surface area contributed by atoms with E-state index in [0.29, 0.717) is 17.7 Å². The Kier molecular flexibility index (Phi) is 4.67. The Balaban J connectivity index is 3.21. The van der Waals surface area contributed by atoms with Gasteiger partial charge in [0.05, 0.1) is 7.11 Å². The van der Waals surface area contributed by atoms with E-state index >= 15 is 0 Å². The number of carbonyl (C=O) groups excluding carboxylic acids is 1. The average Bonchev–Trinajstić information content (AvgIpc) is 2.27. The molecule has 0 aliphatic carbocycles. The lowest BCUT2D eigenvalue weighted by atomic mass is 9.93. The second-order valence-electron chi connectivity index (χ2n) is 4.58. The molecule has 0 aliphatic heterocycles. The van der Waals surface area contributed by atoms with Crippen LogP contribution in [-0.2, 0) is 4.79 Å². The second kappa shape index (κ2) is 5.80. The van der Waals surface area contributed by atoms with E-state index < -0.39 is 0 Å². The molecule has 0 heterocycles. The van der Waals surface area contributed by atoms with Gasteiger partial charge in [-0.15, -0.1) is 0 Å². The van der Waals surface area contributed by atoms with Gasteiger partial charge in [0, 0.05) is 12.0 Å². The number of carbonyl (C=O) groups is 1. The van der Waals surface area contributed by atoms with Crippen LogP contribution in [0.3, 0.4) is 0 Å². The number of hydrogen-bond donors (Lipinski definition) is 0. The largest absolute Gasteiger partial charge is 0.496 e. The summed E-state index contributed by atoms with van der Waals surface area (Å²) in [7, 11) is 1.54. The first kappa shape index (κ1) is 13.7. The molecule has 1 aromatic rings. The van der Waals surface area contributed by atoms with Crippen LogP contribution in [0.1, 0.15) is 50.2 Å². The lowest BCUT2D eigenvalue weighted by Crippen LogP contribution is -2.03. The summed E-state index contributed by atoms with van der Waals surface area (Å²) in [6, 6.07) is 3.33. The molecule has 3 heteroatoms. The molecule has 0 amide bonds. The summed E-state index contributed by atoms with van der Waals surface area (Å²) in [4.78, 5) is 10.5. The lowest BCUT2D eigenvalue weighted by Gasteiger charge is -2.17. The van der Waals surface area contributed by atoms with Crippen molar-refractivity contribution in [3.05, 3.63) is 29.1 Å². The summed E-state index contributed by atoms with van der Waals surface area (Å²) in [5, 5.41) is 0. The van der Waals surface area contributed by atoms with Crippen molar-refractivity contribution in [1.29, 1.82) is 0 Å². The predicted molar refractivity (Wildman–Crippen MR) is 66.1 cm³/mol. The SMILES string of the molecule is COc1cc(C(C)CC=O)cc(F)c1C(C)C. The van der Waals surface area contributed by atoms with Crippen molar-refractivity contribution in [2.75, 3.05) is 7.11 Å². The fourth-order valence-electron chi connectivity index (χ4n) is 1.91. The van der Waals surface area contributed by atoms with Crippen LogP contribution in [0.15, 0.2) is 12.1 Å². The lowest BCUT2D eigenvalue weighted by molar-refractivity contribution is -0.108. The molecule has 0 spiro atoms. The van der Waals surface area contributed by atoms with Crippen molar-refractivity contribution in [2.45, 2.75) is 39.0 Å². The molecule has 17 heavy (non-hydrogen) atoms. The van der Waals surface area contributed by atoms with Gasteiger partial charge in [0.2, 0.25) is 0 Å². The van der Waals surface area contributed by atoms with Crippen molar-refractivity contribution in [1.82, 2.24) is 0 Å². The maximum Gasteiger partial charge on any atom is 0.130 e. The molecular formula is C14H19FO2. The highest BCUT2D eigenvalue weighted by Gasteiger charge is 2.17. The quantitative estimate of drug-likeness (QED) is 0.732. The molecular weight excluding hydrogens is 219 g/mol. The van der Waals surface area contributed by atoms with E-state index in [2.05, 4.69) is 0 Å². The zero-order chi connectivity index (χ0) is 13.0. The van der Waals surface area contributed by atoms with Crippen LogP contribution in [0.25, 0.3) is 0 Å². The fraction of sp³-hybridized carbons (Fsp3) is 0.500. The van der Waals surface area contributed by atoms with Crippen LogP contribution in [0.4, 0.5) is 4.39 Å². The molecule has 0 aromatic heterocycles. The number of halogens is 1. The smallest absolute Gasteiger partial charge is 0.130 e. The van der Waals surface area contributed by atoms with Crippen LogP contribution in [-0.4, -0.2) is 13.4 Å². The van der Waals surface area contributed by atoms with E-state index in [1.54, 1.807) is 0 Å². The second-order valence-corrected chi connectivity index (χ2v) is 4.58. The Hall–Kier alpha value is -1.38. The number of benzene rings is 1. The van der Waals surface area contributed by atoms with Crippen LogP contribution >= 0.6 is 0 Å². The highest BCUT2D eigenvalue weighted by molar-refractivity contribution is 5.52. The van der Waals surface area contributed by atoms with Crippen LogP contribution in [0, 0.1) is 5.82 Å². The minimum atomic E-state index is -0.257. The number of hydrogen-bond acceptors (Lipinski definition) is 2. The monoisotopic (exact) mass is 238 g/mol. The molecule has 1 unspecified atom stereocenters. The highest BCUT2D eigenvalue weighted by atomic mass is 19.1. The van der Waals surface area contributed by atoms with Gasteiger partial charge in [-0.3, -0.25) is 0 Å². The van der Waals surface area contributed by atoms with Crippen molar-refractivity contribution in [3.63, 3.8) is 0 Å². The van der Waals surface area contributed by atoms with E-state index in [-0.39, 0.29) is 17.7 Å². The van der Waals surface area contributed by atoms with E-state index in [4.69, 9.17) is 4.74 Å². The van der Waals surface area contributed by atoms with Gasteiger partial charge in [0.1, 0.15) is 17.9 Å². The van der Waals surface area contributed by atoms with Crippen molar-refractivity contribution < 1.29 is 13.9 Å². The molecule has 1 aromatic carbocycles. The Bertz CT molecular complexity index is 399. The van der Waals surface area contributed by atoms with Gasteiger partial charge in [-0.1, -0.05) is 20.8 Å². The summed E-state index contributed by atoms with van der Waals surface area (Å²) in [6.07, 6.45) is 1.25. The third-order valence-electron chi connectivity index (χ3n) is 2.93. The maximum atomic E-state index is 14.0. The number of ether oxygens (including phenoxy) is 1. The molecule has 2 nitrogen and oxygen atoms in total. The van der Waals surface area contributed by atoms with E-state index in [0.717, 1.165) is 11.8 Å². The normalized spacial score (nSPS) is 12.6. The minimum absolute atomic E-state index is 0.0112. The Labute approximate surface area is 102 Å². The standard InChI is InChI=1S/C14H19FO2/c1-9(2)14-12(15)7-11(8-13(14)17-4)10(3)5-6-16/h6-10H,5H2,1-4H3. The van der Waals surface area contributed by atoms with Gasteiger partial charge < -0.3 is 9.53 Å². The van der Waals surface area contributed by atoms with Crippen molar-refractivity contribution in [2.24, 2.45) is 0 Å². The molecule has 1 atom stereocenters. The topological polar surface area (TPSA) is 26.3 Å². The van der Waals surface area contributed by atoms with Gasteiger partial charge in [0.25, 0.3) is 0 Å². The summed E-state index contributed by atoms with van der Waals surface area (Å²) >= 11 is 0. The van der Waals surface area contributed by atoms with E-state index in [1.807, 2.05) is 26.8 Å². The first-order valence-electron chi connectivity index (χ1n) is 5.82. The van der Waals surface area contributed by atoms with Gasteiger partial charge in [-0.2, -0.15) is 0 Å². The third kappa shape index (κ3) is 3.05. The zero-order valence-electron chi connectivity index (χ0n) is 10.8. The van der Waals surface area contributed by atoms with Gasteiger partial charge in [0.15, 0.2) is 0 Å². The fourth-order valence-corrected chi connectivity index (χ4v) is 1.91. The summed E-state index contributed by atoms with van der Waals surface area (Å²) < 4.78 is 19.2. The predicted octanol–water partition coefficient (Wildman–Crippen LogP) is 3.65. The zero-order valence-corrected chi connectivity index (χ0v) is 10.8. The number of rotatable bonds is 5. The first-order chi connectivity index (χ1) is 8.01. The van der Waals surface area contributed by atoms with E-state index in [9.17, 15) is 9.18 Å². The molecule has 94 valence electrons. The van der Waals surface area contributed by atoms with Crippen LogP contribution < -0.4 is 4.74 Å². The molecule has 0 saturated carbocycles. The van der Waals surface area contributed by atoms with Gasteiger partial charge in [-0.05, 0) is 29.5 Å². The van der Waals surface area contributed by atoms with Crippen molar-refractivity contribution in [3.8, 4) is 5.75 Å². The molecule has 0 N–H and O–H groups in total. The molecule has 0 aliphatic rings. The molecule has 0 saturated heterocycles. The first-order valence-corrected chi connectivity index (χ1v) is 5.82. The molecule has 0 radical (unpaired) electrons. The third-order valence-corrected chi connectivity index (χ3v) is 2.93. The Morgan fingerprint density at radius 1 is 1.35 bits per heavy atom. The van der Waals surface area contributed by atoms with Gasteiger partial charge in [-0.25, -0.2) is 4.39 Å². The summed E-state index contributed by atoms with van der Waals surface area (Å²) in [5.74, 6) is 0.386. The number of methoxy groups -OCH3 is 1. The minimum Gasteiger partial charge on any atom is -0.496 e. The Morgan fingerprint density at radius 2 is 2.00 bits per heavy atom. The number of aldehydes is 1. The highest BCUT2D eigenvalue weighted by Crippen LogP contribution is 2.33. The van der Waals surface area contributed by atoms with Crippen molar-refractivity contribution >= 4 is 6.29 Å². The average molecular weight is 238 g/mol. The summed E-state index contributed by atoms with van der Waals surface area (Å²) in [5.41, 5.74) is 1.39. The Morgan fingerprint density at radius 3 is 2.47 bits per heavy atom. The maximum absolute atomic E-state index is 14.0. The van der Waals surface area contributed by atoms with Crippen LogP contribution in [0.5, 0.6) is 5.75 Å². The molecule has 0 fully saturated rings. The molecule has 0 bridgehead atoms. The van der Waals surface area contributed by atoms with E-state index in [1.165, 1.54) is 13.2 Å². The summed E-state index contributed by atoms with van der Waals surface area (Å²) in [6.45, 7) is 5.75. The molecule has 1 rings (SSSR count). The van der Waals surface area contributed by atoms with Crippen LogP contribution in [0.2, 0.25) is 0 Å². The van der Waals surface area contributed by atoms with Gasteiger partial charge >= 0.3 is 0 Å².